The van der Waals surface area contributed by atoms with Crippen molar-refractivity contribution in [1.29, 1.82) is 0 Å². The summed E-state index contributed by atoms with van der Waals surface area (Å²) in [6.07, 6.45) is 0.385. The molecule has 2 aromatic carbocycles. The molecule has 0 bridgehead atoms. The lowest BCUT2D eigenvalue weighted by Crippen LogP contribution is -2.32. The van der Waals surface area contributed by atoms with E-state index in [9.17, 15) is 4.79 Å². The molecule has 20 heavy (non-hydrogen) atoms. The molecular formula is C15H19N3O2. The van der Waals surface area contributed by atoms with Crippen molar-refractivity contribution in [3.63, 3.8) is 0 Å². The molecule has 2 rings (SSSR count). The number of anilines is 2. The molecule has 0 saturated carbocycles. The quantitative estimate of drug-likeness (QED) is 0.632. The van der Waals surface area contributed by atoms with Crippen LogP contribution in [0.5, 0.6) is 0 Å². The van der Waals surface area contributed by atoms with Crippen molar-refractivity contribution in [2.45, 2.75) is 12.5 Å². The topological polar surface area (TPSA) is 115 Å². The third-order valence-corrected chi connectivity index (χ3v) is 2.61. The summed E-state index contributed by atoms with van der Waals surface area (Å²) in [6.45, 7) is 0. The predicted molar refractivity (Wildman–Crippen MR) is 81.0 cm³/mol. The third kappa shape index (κ3) is 5.41. The van der Waals surface area contributed by atoms with Crippen LogP contribution in [0.15, 0.2) is 54.6 Å². The van der Waals surface area contributed by atoms with Gasteiger partial charge in [-0.05, 0) is 24.1 Å². The van der Waals surface area contributed by atoms with E-state index in [-0.39, 0.29) is 0 Å². The molecule has 0 unspecified atom stereocenters. The van der Waals surface area contributed by atoms with E-state index in [0.29, 0.717) is 17.8 Å². The molecule has 0 aliphatic rings. The van der Waals surface area contributed by atoms with E-state index in [1.54, 1.807) is 12.1 Å². The van der Waals surface area contributed by atoms with Gasteiger partial charge in [-0.2, -0.15) is 0 Å². The first kappa shape index (κ1) is 15.5. The molecule has 0 aliphatic carbocycles. The minimum atomic E-state index is -0.959. The minimum Gasteiger partial charge on any atom is -0.480 e. The molecule has 1 atom stereocenters. The monoisotopic (exact) mass is 273 g/mol. The van der Waals surface area contributed by atoms with Gasteiger partial charge in [0.2, 0.25) is 0 Å². The zero-order valence-corrected chi connectivity index (χ0v) is 11.1. The Bertz CT molecular complexity index is 523. The van der Waals surface area contributed by atoms with Gasteiger partial charge >= 0.3 is 5.97 Å². The van der Waals surface area contributed by atoms with Gasteiger partial charge in [0.15, 0.2) is 0 Å². The average molecular weight is 273 g/mol. The number of nitrogens with two attached hydrogens (primary N) is 3. The maximum atomic E-state index is 10.4. The van der Waals surface area contributed by atoms with E-state index in [4.69, 9.17) is 22.3 Å². The lowest BCUT2D eigenvalue weighted by Gasteiger charge is -2.04. The van der Waals surface area contributed by atoms with E-state index in [0.717, 1.165) is 5.56 Å². The van der Waals surface area contributed by atoms with Gasteiger partial charge in [0, 0.05) is 0 Å². The van der Waals surface area contributed by atoms with Gasteiger partial charge in [0.25, 0.3) is 0 Å². The van der Waals surface area contributed by atoms with E-state index in [1.807, 2.05) is 42.5 Å². The second kappa shape index (κ2) is 7.81. The van der Waals surface area contributed by atoms with Gasteiger partial charge in [-0.3, -0.25) is 4.79 Å². The summed E-state index contributed by atoms with van der Waals surface area (Å²) in [5.41, 5.74) is 18.4. The Hall–Kier alpha value is -2.53. The van der Waals surface area contributed by atoms with Crippen LogP contribution in [0.2, 0.25) is 0 Å². The van der Waals surface area contributed by atoms with Crippen LogP contribution in [0, 0.1) is 0 Å². The average Bonchev–Trinajstić information content (AvgIpc) is 2.44. The van der Waals surface area contributed by atoms with Gasteiger partial charge in [0.1, 0.15) is 6.04 Å². The number of para-hydroxylation sites is 2. The number of benzene rings is 2. The summed E-state index contributed by atoms with van der Waals surface area (Å²) < 4.78 is 0. The van der Waals surface area contributed by atoms with Crippen LogP contribution < -0.4 is 17.2 Å². The van der Waals surface area contributed by atoms with Crippen LogP contribution >= 0.6 is 0 Å². The highest BCUT2D eigenvalue weighted by Crippen LogP contribution is 2.10. The van der Waals surface area contributed by atoms with Crippen molar-refractivity contribution >= 4 is 17.3 Å². The molecule has 0 heterocycles. The fourth-order valence-corrected chi connectivity index (χ4v) is 1.47. The largest absolute Gasteiger partial charge is 0.480 e. The highest BCUT2D eigenvalue weighted by molar-refractivity contribution is 5.73. The van der Waals surface area contributed by atoms with Gasteiger partial charge in [-0.15, -0.1) is 0 Å². The molecule has 0 fully saturated rings. The number of hydrogen-bond acceptors (Lipinski definition) is 4. The number of nitrogen functional groups attached to an aromatic ring is 2. The molecular weight excluding hydrogens is 254 g/mol. The zero-order chi connectivity index (χ0) is 15.0. The molecule has 0 spiro atoms. The van der Waals surface area contributed by atoms with E-state index in [2.05, 4.69) is 0 Å². The minimum absolute atomic E-state index is 0.385. The van der Waals surface area contributed by atoms with E-state index in [1.165, 1.54) is 0 Å². The molecule has 5 nitrogen and oxygen atoms in total. The van der Waals surface area contributed by atoms with Gasteiger partial charge < -0.3 is 22.3 Å². The van der Waals surface area contributed by atoms with Crippen LogP contribution in [0.4, 0.5) is 11.4 Å². The summed E-state index contributed by atoms with van der Waals surface area (Å²) in [5.74, 6) is -0.959. The number of aliphatic carboxylic acids is 1. The number of hydrogen-bond donors (Lipinski definition) is 4. The van der Waals surface area contributed by atoms with Crippen molar-refractivity contribution in [1.82, 2.24) is 0 Å². The number of carboxylic acid groups (broad SMARTS) is 1. The van der Waals surface area contributed by atoms with Crippen molar-refractivity contribution in [2.24, 2.45) is 5.73 Å². The van der Waals surface area contributed by atoms with Crippen molar-refractivity contribution in [3.05, 3.63) is 60.2 Å². The molecule has 0 radical (unpaired) electrons. The first-order valence-electron chi connectivity index (χ1n) is 6.13. The maximum absolute atomic E-state index is 10.4. The summed E-state index contributed by atoms with van der Waals surface area (Å²) in [6, 6.07) is 15.8. The molecule has 0 aliphatic heterocycles. The Morgan fingerprint density at radius 3 is 1.80 bits per heavy atom. The summed E-state index contributed by atoms with van der Waals surface area (Å²) in [5, 5.41) is 8.52. The number of carbonyl (C=O) groups is 1. The van der Waals surface area contributed by atoms with Crippen LogP contribution in [0.1, 0.15) is 5.56 Å². The summed E-state index contributed by atoms with van der Waals surface area (Å²) in [7, 11) is 0. The second-order valence-corrected chi connectivity index (χ2v) is 4.26. The summed E-state index contributed by atoms with van der Waals surface area (Å²) >= 11 is 0. The molecule has 0 amide bonds. The Labute approximate surface area is 118 Å². The smallest absolute Gasteiger partial charge is 0.320 e. The lowest BCUT2D eigenvalue weighted by atomic mass is 10.1. The molecule has 2 aromatic rings. The van der Waals surface area contributed by atoms with Crippen molar-refractivity contribution in [2.75, 3.05) is 11.5 Å². The highest BCUT2D eigenvalue weighted by atomic mass is 16.4. The van der Waals surface area contributed by atoms with Gasteiger partial charge in [0.05, 0.1) is 11.4 Å². The molecule has 0 saturated heterocycles. The third-order valence-electron chi connectivity index (χ3n) is 2.61. The number of carboxylic acids is 1. The van der Waals surface area contributed by atoms with Crippen molar-refractivity contribution in [3.8, 4) is 0 Å². The first-order valence-corrected chi connectivity index (χ1v) is 6.13. The Morgan fingerprint density at radius 1 is 0.950 bits per heavy atom. The molecule has 0 aromatic heterocycles. The highest BCUT2D eigenvalue weighted by Gasteiger charge is 2.10. The first-order chi connectivity index (χ1) is 9.50. The SMILES string of the molecule is N[C@@H](Cc1ccccc1)C(=O)O.Nc1ccccc1N. The van der Waals surface area contributed by atoms with Gasteiger partial charge in [-0.25, -0.2) is 0 Å². The molecule has 106 valence electrons. The molecule has 7 N–H and O–H groups in total. The van der Waals surface area contributed by atoms with Gasteiger partial charge in [-0.1, -0.05) is 42.5 Å². The Kier molecular flexibility index (Phi) is 6.06. The van der Waals surface area contributed by atoms with Crippen LogP contribution in [-0.2, 0) is 11.2 Å². The summed E-state index contributed by atoms with van der Waals surface area (Å²) in [4.78, 5) is 10.4. The zero-order valence-electron chi connectivity index (χ0n) is 11.1. The van der Waals surface area contributed by atoms with Crippen LogP contribution in [0.3, 0.4) is 0 Å². The van der Waals surface area contributed by atoms with Crippen LogP contribution in [0.25, 0.3) is 0 Å². The second-order valence-electron chi connectivity index (χ2n) is 4.26. The standard InChI is InChI=1S/C9H11NO2.C6H8N2/c10-8(9(11)12)6-7-4-2-1-3-5-7;7-5-3-1-2-4-6(5)8/h1-5,8H,6,10H2,(H,11,12);1-4H,7-8H2/t8-;/m0./s1. The van der Waals surface area contributed by atoms with Crippen molar-refractivity contribution < 1.29 is 9.90 Å². The normalized spacial score (nSPS) is 11.1. The Balaban J connectivity index is 0.000000217. The van der Waals surface area contributed by atoms with Crippen LogP contribution in [-0.4, -0.2) is 17.1 Å². The molecule has 5 heteroatoms. The fourth-order valence-electron chi connectivity index (χ4n) is 1.47. The number of rotatable bonds is 3. The van der Waals surface area contributed by atoms with E-state index < -0.39 is 12.0 Å². The van der Waals surface area contributed by atoms with E-state index >= 15 is 0 Å². The fraction of sp³-hybridized carbons (Fsp3) is 0.133. The maximum Gasteiger partial charge on any atom is 0.320 e. The Morgan fingerprint density at radius 2 is 1.40 bits per heavy atom. The lowest BCUT2D eigenvalue weighted by molar-refractivity contribution is -0.138. The predicted octanol–water partition coefficient (Wildman–Crippen LogP) is 1.49.